The van der Waals surface area contributed by atoms with Crippen molar-refractivity contribution in [2.45, 2.75) is 27.2 Å². The summed E-state index contributed by atoms with van der Waals surface area (Å²) in [6.45, 7) is 6.61. The van der Waals surface area contributed by atoms with Crippen LogP contribution in [0.3, 0.4) is 0 Å². The number of aryl methyl sites for hydroxylation is 1. The van der Waals surface area contributed by atoms with Crippen molar-refractivity contribution >= 4 is 17.7 Å². The lowest BCUT2D eigenvalue weighted by molar-refractivity contribution is -0.137. The molecule has 0 radical (unpaired) electrons. The van der Waals surface area contributed by atoms with Crippen LogP contribution >= 0.6 is 0 Å². The molecule has 0 bridgehead atoms. The van der Waals surface area contributed by atoms with Gasteiger partial charge in [0.2, 0.25) is 0 Å². The van der Waals surface area contributed by atoms with Crippen molar-refractivity contribution < 1.29 is 14.7 Å². The van der Waals surface area contributed by atoms with E-state index in [1.54, 1.807) is 11.8 Å². The molecule has 20 heavy (non-hydrogen) atoms. The maximum Gasteiger partial charge on any atom is 0.321 e. The van der Waals surface area contributed by atoms with Crippen LogP contribution < -0.4 is 10.2 Å². The van der Waals surface area contributed by atoms with E-state index in [1.165, 1.54) is 0 Å². The van der Waals surface area contributed by atoms with Gasteiger partial charge in [0.15, 0.2) is 0 Å². The Kier molecular flexibility index (Phi) is 6.03. The van der Waals surface area contributed by atoms with Gasteiger partial charge in [-0.1, -0.05) is 24.6 Å². The van der Waals surface area contributed by atoms with Gasteiger partial charge in [-0.25, -0.2) is 4.79 Å². The molecule has 1 rings (SSSR count). The van der Waals surface area contributed by atoms with Crippen molar-refractivity contribution in [3.05, 3.63) is 29.8 Å². The number of carboxylic acid groups (broad SMARTS) is 1. The third-order valence-corrected chi connectivity index (χ3v) is 3.03. The SMILES string of the molecule is CCN(C(=O)NCC(C)CC(=O)O)c1ccc(C)cc1. The molecule has 1 atom stereocenters. The highest BCUT2D eigenvalue weighted by Gasteiger charge is 2.15. The summed E-state index contributed by atoms with van der Waals surface area (Å²) in [7, 11) is 0. The van der Waals surface area contributed by atoms with Gasteiger partial charge in [-0.05, 0) is 31.9 Å². The highest BCUT2D eigenvalue weighted by atomic mass is 16.4. The number of urea groups is 1. The van der Waals surface area contributed by atoms with Crippen molar-refractivity contribution in [3.63, 3.8) is 0 Å². The Bertz CT molecular complexity index is 457. The largest absolute Gasteiger partial charge is 0.481 e. The minimum atomic E-state index is -0.849. The van der Waals surface area contributed by atoms with E-state index in [0.717, 1.165) is 11.3 Å². The van der Waals surface area contributed by atoms with Crippen LogP contribution in [-0.2, 0) is 4.79 Å². The summed E-state index contributed by atoms with van der Waals surface area (Å²) in [5.41, 5.74) is 1.97. The van der Waals surface area contributed by atoms with Crippen molar-refractivity contribution in [3.8, 4) is 0 Å². The maximum absolute atomic E-state index is 12.1. The van der Waals surface area contributed by atoms with E-state index in [-0.39, 0.29) is 18.4 Å². The van der Waals surface area contributed by atoms with Crippen LogP contribution in [0.2, 0.25) is 0 Å². The minimum Gasteiger partial charge on any atom is -0.481 e. The molecule has 0 spiro atoms. The molecule has 110 valence electrons. The number of carbonyl (C=O) groups excluding carboxylic acids is 1. The second-order valence-electron chi connectivity index (χ2n) is 4.97. The number of carboxylic acids is 1. The minimum absolute atomic E-state index is 0.0525. The molecule has 0 aromatic heterocycles. The average Bonchev–Trinajstić information content (AvgIpc) is 2.38. The maximum atomic E-state index is 12.1. The van der Waals surface area contributed by atoms with Crippen LogP contribution in [0.1, 0.15) is 25.8 Å². The van der Waals surface area contributed by atoms with Crippen LogP contribution in [-0.4, -0.2) is 30.2 Å². The molecule has 0 saturated carbocycles. The lowest BCUT2D eigenvalue weighted by Gasteiger charge is -2.22. The first-order valence-corrected chi connectivity index (χ1v) is 6.77. The topological polar surface area (TPSA) is 69.6 Å². The quantitative estimate of drug-likeness (QED) is 0.840. The highest BCUT2D eigenvalue weighted by Crippen LogP contribution is 2.15. The zero-order chi connectivity index (χ0) is 15.1. The summed E-state index contributed by atoms with van der Waals surface area (Å²) in [6, 6.07) is 7.52. The van der Waals surface area contributed by atoms with E-state index in [9.17, 15) is 9.59 Å². The Morgan fingerprint density at radius 2 is 1.90 bits per heavy atom. The molecular weight excluding hydrogens is 256 g/mol. The number of benzene rings is 1. The van der Waals surface area contributed by atoms with Crippen LogP contribution in [0.5, 0.6) is 0 Å². The fraction of sp³-hybridized carbons (Fsp3) is 0.467. The normalized spacial score (nSPS) is 11.8. The summed E-state index contributed by atoms with van der Waals surface area (Å²) in [6.07, 6.45) is 0.0525. The Morgan fingerprint density at radius 1 is 1.30 bits per heavy atom. The predicted molar refractivity (Wildman–Crippen MR) is 79.0 cm³/mol. The number of anilines is 1. The van der Waals surface area contributed by atoms with Gasteiger partial charge in [-0.3, -0.25) is 9.69 Å². The van der Waals surface area contributed by atoms with Crippen LogP contribution in [0.15, 0.2) is 24.3 Å². The molecular formula is C15H22N2O3. The van der Waals surface area contributed by atoms with Crippen molar-refractivity contribution in [1.82, 2.24) is 5.32 Å². The Labute approximate surface area is 119 Å². The third kappa shape index (κ3) is 4.91. The Balaban J connectivity index is 2.59. The van der Waals surface area contributed by atoms with Gasteiger partial charge in [0.25, 0.3) is 0 Å². The predicted octanol–water partition coefficient (Wildman–Crippen LogP) is 2.64. The van der Waals surface area contributed by atoms with Crippen molar-refractivity contribution in [2.24, 2.45) is 5.92 Å². The average molecular weight is 278 g/mol. The van der Waals surface area contributed by atoms with Crippen molar-refractivity contribution in [2.75, 3.05) is 18.0 Å². The fourth-order valence-electron chi connectivity index (χ4n) is 1.90. The molecule has 0 saturated heterocycles. The van der Waals surface area contributed by atoms with Gasteiger partial charge >= 0.3 is 12.0 Å². The second kappa shape index (κ2) is 7.53. The monoisotopic (exact) mass is 278 g/mol. The fourth-order valence-corrected chi connectivity index (χ4v) is 1.90. The van der Waals surface area contributed by atoms with Crippen LogP contribution in [0, 0.1) is 12.8 Å². The molecule has 0 fully saturated rings. The summed E-state index contributed by atoms with van der Waals surface area (Å²) in [5, 5.41) is 11.5. The second-order valence-corrected chi connectivity index (χ2v) is 4.97. The number of amides is 2. The lowest BCUT2D eigenvalue weighted by Crippen LogP contribution is -2.41. The van der Waals surface area contributed by atoms with Gasteiger partial charge in [-0.2, -0.15) is 0 Å². The highest BCUT2D eigenvalue weighted by molar-refractivity contribution is 5.91. The molecule has 1 aromatic rings. The summed E-state index contributed by atoms with van der Waals surface area (Å²) in [5.74, 6) is -0.939. The molecule has 1 aromatic carbocycles. The molecule has 2 N–H and O–H groups in total. The molecule has 0 aliphatic rings. The molecule has 1 unspecified atom stereocenters. The zero-order valence-electron chi connectivity index (χ0n) is 12.2. The number of aliphatic carboxylic acids is 1. The molecule has 2 amide bonds. The smallest absolute Gasteiger partial charge is 0.321 e. The summed E-state index contributed by atoms with van der Waals surface area (Å²) < 4.78 is 0. The van der Waals surface area contributed by atoms with E-state index in [4.69, 9.17) is 5.11 Å². The first kappa shape index (κ1) is 16.0. The number of rotatable bonds is 6. The molecule has 0 heterocycles. The van der Waals surface area contributed by atoms with Crippen LogP contribution in [0.4, 0.5) is 10.5 Å². The van der Waals surface area contributed by atoms with E-state index >= 15 is 0 Å². The standard InChI is InChI=1S/C15H22N2O3/c1-4-17(13-7-5-11(2)6-8-13)15(20)16-10-12(3)9-14(18)19/h5-8,12H,4,9-10H2,1-3H3,(H,16,20)(H,18,19). The number of nitrogens with zero attached hydrogens (tertiary/aromatic N) is 1. The van der Waals surface area contributed by atoms with Gasteiger partial charge in [0, 0.05) is 25.2 Å². The van der Waals surface area contributed by atoms with E-state index < -0.39 is 5.97 Å². The van der Waals surface area contributed by atoms with E-state index in [0.29, 0.717) is 13.1 Å². The Morgan fingerprint density at radius 3 is 2.40 bits per heavy atom. The van der Waals surface area contributed by atoms with Crippen LogP contribution in [0.25, 0.3) is 0 Å². The van der Waals surface area contributed by atoms with E-state index in [1.807, 2.05) is 38.1 Å². The number of nitrogens with one attached hydrogen (secondary N) is 1. The molecule has 5 heteroatoms. The number of carbonyl (C=O) groups is 2. The zero-order valence-corrected chi connectivity index (χ0v) is 12.2. The van der Waals surface area contributed by atoms with Gasteiger partial charge in [0.1, 0.15) is 0 Å². The first-order valence-electron chi connectivity index (χ1n) is 6.77. The van der Waals surface area contributed by atoms with Gasteiger partial charge in [0.05, 0.1) is 0 Å². The summed E-state index contributed by atoms with van der Waals surface area (Å²) in [4.78, 5) is 24.3. The molecule has 0 aliphatic carbocycles. The first-order chi connectivity index (χ1) is 9.43. The molecule has 0 aliphatic heterocycles. The van der Waals surface area contributed by atoms with Gasteiger partial charge in [-0.15, -0.1) is 0 Å². The summed E-state index contributed by atoms with van der Waals surface area (Å²) >= 11 is 0. The van der Waals surface area contributed by atoms with Crippen molar-refractivity contribution in [1.29, 1.82) is 0 Å². The Hall–Kier alpha value is -2.04. The van der Waals surface area contributed by atoms with E-state index in [2.05, 4.69) is 5.32 Å². The third-order valence-electron chi connectivity index (χ3n) is 3.03. The number of hydrogen-bond acceptors (Lipinski definition) is 2. The number of hydrogen-bond donors (Lipinski definition) is 2. The lowest BCUT2D eigenvalue weighted by atomic mass is 10.1. The molecule has 5 nitrogen and oxygen atoms in total. The van der Waals surface area contributed by atoms with Gasteiger partial charge < -0.3 is 10.4 Å².